The molecule has 178 valence electrons. The minimum absolute atomic E-state index is 0.0286. The minimum atomic E-state index is -0.237. The van der Waals surface area contributed by atoms with E-state index in [2.05, 4.69) is 40.7 Å². The SMILES string of the molecule is C/C=N\N(C)C(C)[C@H](C)N=NN(C)CCC(Nc1ccc(CC(=O)OC)cc1)/C(C)=C/C. The van der Waals surface area contributed by atoms with Crippen LogP contribution >= 0.6 is 0 Å². The number of rotatable bonds is 13. The molecule has 0 fully saturated rings. The summed E-state index contributed by atoms with van der Waals surface area (Å²) in [6.07, 6.45) is 5.05. The van der Waals surface area contributed by atoms with Crippen LogP contribution < -0.4 is 5.32 Å². The molecule has 0 heterocycles. The maximum atomic E-state index is 11.4. The van der Waals surface area contributed by atoms with Gasteiger partial charge < -0.3 is 10.1 Å². The van der Waals surface area contributed by atoms with Crippen molar-refractivity contribution in [3.05, 3.63) is 41.5 Å². The second kappa shape index (κ2) is 14.2. The van der Waals surface area contributed by atoms with Gasteiger partial charge in [-0.25, -0.2) is 0 Å². The molecule has 0 aromatic heterocycles. The molecule has 32 heavy (non-hydrogen) atoms. The topological polar surface area (TPSA) is 81.9 Å². The molecule has 8 nitrogen and oxygen atoms in total. The third-order valence-corrected chi connectivity index (χ3v) is 5.59. The second-order valence-corrected chi connectivity index (χ2v) is 7.98. The highest BCUT2D eigenvalue weighted by atomic mass is 16.5. The van der Waals surface area contributed by atoms with E-state index in [9.17, 15) is 4.79 Å². The Morgan fingerprint density at radius 1 is 1.19 bits per heavy atom. The Hall–Kier alpha value is -2.90. The zero-order valence-electron chi connectivity index (χ0n) is 20.9. The van der Waals surface area contributed by atoms with E-state index in [4.69, 9.17) is 4.74 Å². The van der Waals surface area contributed by atoms with Crippen LogP contribution in [0.4, 0.5) is 5.69 Å². The number of benzene rings is 1. The molecule has 0 bridgehead atoms. The maximum absolute atomic E-state index is 11.4. The molecular weight excluding hydrogens is 404 g/mol. The molecule has 0 aliphatic rings. The number of hydrogen-bond donors (Lipinski definition) is 1. The van der Waals surface area contributed by atoms with Gasteiger partial charge in [0.2, 0.25) is 0 Å². The number of hydrogen-bond acceptors (Lipinski definition) is 7. The van der Waals surface area contributed by atoms with E-state index in [0.717, 1.165) is 24.2 Å². The van der Waals surface area contributed by atoms with E-state index in [0.29, 0.717) is 0 Å². The number of hydrazone groups is 1. The van der Waals surface area contributed by atoms with Crippen molar-refractivity contribution in [1.29, 1.82) is 0 Å². The Morgan fingerprint density at radius 3 is 2.41 bits per heavy atom. The van der Waals surface area contributed by atoms with Gasteiger partial charge in [-0.15, -0.1) is 0 Å². The van der Waals surface area contributed by atoms with Gasteiger partial charge in [-0.2, -0.15) is 10.2 Å². The summed E-state index contributed by atoms with van der Waals surface area (Å²) >= 11 is 0. The van der Waals surface area contributed by atoms with Crippen molar-refractivity contribution < 1.29 is 9.53 Å². The molecule has 1 aromatic rings. The molecular formula is C24H40N6O2. The van der Waals surface area contributed by atoms with Crippen LogP contribution in [0.2, 0.25) is 0 Å². The Morgan fingerprint density at radius 2 is 1.84 bits per heavy atom. The number of likely N-dealkylation sites (N-methyl/N-ethyl adjacent to an activating group) is 1. The highest BCUT2D eigenvalue weighted by Gasteiger charge is 2.16. The molecule has 0 spiro atoms. The molecule has 2 unspecified atom stereocenters. The molecule has 3 atom stereocenters. The monoisotopic (exact) mass is 444 g/mol. The van der Waals surface area contributed by atoms with Crippen LogP contribution in [0, 0.1) is 0 Å². The summed E-state index contributed by atoms with van der Waals surface area (Å²) in [5.41, 5.74) is 3.20. The lowest BCUT2D eigenvalue weighted by Gasteiger charge is -2.25. The number of anilines is 1. The van der Waals surface area contributed by atoms with Crippen molar-refractivity contribution in [3.63, 3.8) is 0 Å². The number of ether oxygens (including phenoxy) is 1. The molecule has 0 saturated carbocycles. The lowest BCUT2D eigenvalue weighted by atomic mass is 10.0. The van der Waals surface area contributed by atoms with Gasteiger partial charge in [0, 0.05) is 38.6 Å². The lowest BCUT2D eigenvalue weighted by molar-refractivity contribution is -0.139. The van der Waals surface area contributed by atoms with Crippen molar-refractivity contribution in [2.45, 2.75) is 65.6 Å². The molecule has 0 aliphatic carbocycles. The van der Waals surface area contributed by atoms with E-state index in [1.165, 1.54) is 12.7 Å². The number of allylic oxidation sites excluding steroid dienone is 1. The predicted molar refractivity (Wildman–Crippen MR) is 132 cm³/mol. The van der Waals surface area contributed by atoms with E-state index < -0.39 is 0 Å². The normalized spacial score (nSPS) is 14.9. The summed E-state index contributed by atoms with van der Waals surface area (Å²) in [5, 5.41) is 20.5. The van der Waals surface area contributed by atoms with Gasteiger partial charge >= 0.3 is 5.97 Å². The van der Waals surface area contributed by atoms with E-state index in [-0.39, 0.29) is 30.5 Å². The smallest absolute Gasteiger partial charge is 0.309 e. The lowest BCUT2D eigenvalue weighted by Crippen LogP contribution is -2.33. The van der Waals surface area contributed by atoms with Gasteiger partial charge in [0.25, 0.3) is 0 Å². The fraction of sp³-hybridized carbons (Fsp3) is 0.583. The molecule has 8 heteroatoms. The summed E-state index contributed by atoms with van der Waals surface area (Å²) in [7, 11) is 5.29. The average Bonchev–Trinajstić information content (AvgIpc) is 2.80. The van der Waals surface area contributed by atoms with E-state index in [1.54, 1.807) is 6.21 Å². The van der Waals surface area contributed by atoms with Crippen LogP contribution in [-0.4, -0.2) is 68.1 Å². The molecule has 0 radical (unpaired) electrons. The highest BCUT2D eigenvalue weighted by molar-refractivity contribution is 5.72. The van der Waals surface area contributed by atoms with Crippen molar-refractivity contribution in [2.75, 3.05) is 33.1 Å². The Balaban J connectivity index is 2.67. The Labute approximate surface area is 193 Å². The van der Waals surface area contributed by atoms with Gasteiger partial charge in [0.05, 0.1) is 25.6 Å². The molecule has 0 aliphatic heterocycles. The number of esters is 1. The summed E-state index contributed by atoms with van der Waals surface area (Å²) in [6, 6.07) is 8.25. The number of carbonyl (C=O) groups is 1. The second-order valence-electron chi connectivity index (χ2n) is 7.98. The average molecular weight is 445 g/mol. The first kappa shape index (κ1) is 27.1. The summed E-state index contributed by atoms with van der Waals surface area (Å²) in [5.74, 6) is -0.237. The maximum Gasteiger partial charge on any atom is 0.309 e. The van der Waals surface area contributed by atoms with E-state index >= 15 is 0 Å². The molecule has 0 amide bonds. The molecule has 1 aromatic carbocycles. The van der Waals surface area contributed by atoms with Crippen molar-refractivity contribution in [3.8, 4) is 0 Å². The third kappa shape index (κ3) is 9.49. The van der Waals surface area contributed by atoms with Crippen LogP contribution in [0.5, 0.6) is 0 Å². The summed E-state index contributed by atoms with van der Waals surface area (Å²) in [6.45, 7) is 11.0. The van der Waals surface area contributed by atoms with Crippen LogP contribution in [0.25, 0.3) is 0 Å². The number of nitrogens with one attached hydrogen (secondary N) is 1. The first-order valence-corrected chi connectivity index (χ1v) is 11.1. The van der Waals surface area contributed by atoms with Crippen molar-refractivity contribution in [2.24, 2.45) is 15.4 Å². The summed E-state index contributed by atoms with van der Waals surface area (Å²) < 4.78 is 4.73. The highest BCUT2D eigenvalue weighted by Crippen LogP contribution is 2.17. The number of nitrogens with zero attached hydrogens (tertiary/aromatic N) is 5. The molecule has 1 rings (SSSR count). The van der Waals surface area contributed by atoms with E-state index in [1.807, 2.05) is 69.1 Å². The van der Waals surface area contributed by atoms with Gasteiger partial charge in [0.1, 0.15) is 0 Å². The van der Waals surface area contributed by atoms with Gasteiger partial charge in [-0.3, -0.25) is 14.8 Å². The summed E-state index contributed by atoms with van der Waals surface area (Å²) in [4.78, 5) is 11.4. The van der Waals surface area contributed by atoms with Crippen LogP contribution in [0.3, 0.4) is 0 Å². The first-order valence-electron chi connectivity index (χ1n) is 11.1. The quantitative estimate of drug-likeness (QED) is 0.159. The van der Waals surface area contributed by atoms with Crippen LogP contribution in [0.15, 0.2) is 51.4 Å². The molecule has 1 N–H and O–H groups in total. The zero-order valence-corrected chi connectivity index (χ0v) is 20.9. The standard InChI is InChI=1S/C24H40N6O2/c1-9-18(3)23(26-22-13-11-21(12-14-22)17-24(31)32-8)15-16-29(6)28-27-19(4)20(5)30(7)25-10-2/h9-14,19-20,23,26H,15-17H2,1-8H3/b18-9+,25-10-,28-27?/t19-,20?,23?/m0/s1. The Bertz CT molecular complexity index is 775. The van der Waals surface area contributed by atoms with Gasteiger partial charge in [0.15, 0.2) is 0 Å². The fourth-order valence-electron chi connectivity index (χ4n) is 3.00. The first-order chi connectivity index (χ1) is 15.2. The van der Waals surface area contributed by atoms with Gasteiger partial charge in [-0.05, 0) is 58.7 Å². The van der Waals surface area contributed by atoms with Crippen LogP contribution in [0.1, 0.15) is 46.6 Å². The van der Waals surface area contributed by atoms with Crippen molar-refractivity contribution >= 4 is 17.9 Å². The fourth-order valence-corrected chi connectivity index (χ4v) is 3.00. The Kier molecular flexibility index (Phi) is 12.1. The largest absolute Gasteiger partial charge is 0.469 e. The minimum Gasteiger partial charge on any atom is -0.469 e. The van der Waals surface area contributed by atoms with Crippen molar-refractivity contribution in [1.82, 2.24) is 10.0 Å². The zero-order chi connectivity index (χ0) is 24.1. The van der Waals surface area contributed by atoms with Crippen LogP contribution in [-0.2, 0) is 16.0 Å². The molecule has 0 saturated heterocycles. The number of carbonyl (C=O) groups excluding carboxylic acids is 1. The van der Waals surface area contributed by atoms with Gasteiger partial charge in [-0.1, -0.05) is 29.0 Å². The predicted octanol–water partition coefficient (Wildman–Crippen LogP) is 4.55. The number of methoxy groups -OCH3 is 1. The third-order valence-electron chi connectivity index (χ3n) is 5.59.